The zero-order valence-electron chi connectivity index (χ0n) is 17.2. The Morgan fingerprint density at radius 2 is 1.67 bits per heavy atom. The number of fused-ring (bicyclic) bond motifs is 2. The van der Waals surface area contributed by atoms with Crippen molar-refractivity contribution < 1.29 is 19.4 Å². The average molecular weight is 401 g/mol. The highest BCUT2D eigenvalue weighted by molar-refractivity contribution is 6.00. The van der Waals surface area contributed by atoms with E-state index in [0.717, 1.165) is 27.7 Å². The molecule has 0 amide bonds. The molecule has 3 aromatic rings. The van der Waals surface area contributed by atoms with Gasteiger partial charge in [-0.2, -0.15) is 0 Å². The Bertz CT molecular complexity index is 1190. The second-order valence-corrected chi connectivity index (χ2v) is 7.99. The lowest BCUT2D eigenvalue weighted by Gasteiger charge is -2.23. The molecule has 1 aliphatic heterocycles. The van der Waals surface area contributed by atoms with E-state index in [1.807, 2.05) is 54.4 Å². The Kier molecular flexibility index (Phi) is 4.82. The van der Waals surface area contributed by atoms with E-state index in [9.17, 15) is 14.7 Å². The molecule has 4 rings (SSSR count). The van der Waals surface area contributed by atoms with Gasteiger partial charge >= 0.3 is 5.97 Å². The molecule has 0 saturated heterocycles. The van der Waals surface area contributed by atoms with Gasteiger partial charge in [-0.3, -0.25) is 4.79 Å². The van der Waals surface area contributed by atoms with Crippen molar-refractivity contribution in [1.82, 2.24) is 0 Å². The van der Waals surface area contributed by atoms with Gasteiger partial charge in [0.25, 0.3) is 0 Å². The zero-order valence-corrected chi connectivity index (χ0v) is 17.2. The van der Waals surface area contributed by atoms with Crippen molar-refractivity contribution in [2.24, 2.45) is 0 Å². The van der Waals surface area contributed by atoms with Crippen LogP contribution in [0.25, 0.3) is 10.8 Å². The molecule has 152 valence electrons. The van der Waals surface area contributed by atoms with Crippen LogP contribution in [0.2, 0.25) is 0 Å². The second-order valence-electron chi connectivity index (χ2n) is 7.99. The third-order valence-electron chi connectivity index (χ3n) is 5.67. The minimum absolute atomic E-state index is 0.0415. The van der Waals surface area contributed by atoms with Gasteiger partial charge in [0, 0.05) is 29.9 Å². The molecule has 1 heterocycles. The van der Waals surface area contributed by atoms with Gasteiger partial charge in [0.15, 0.2) is 12.4 Å². The molecule has 0 unspecified atom stereocenters. The topological polar surface area (TPSA) is 66.8 Å². The van der Waals surface area contributed by atoms with Crippen molar-refractivity contribution in [2.45, 2.75) is 19.3 Å². The lowest BCUT2D eigenvalue weighted by Crippen LogP contribution is -2.25. The Labute approximate surface area is 175 Å². The number of allylic oxidation sites excluding steroid dienone is 1. The predicted molar refractivity (Wildman–Crippen MR) is 117 cm³/mol. The quantitative estimate of drug-likeness (QED) is 0.512. The molecular weight excluding hydrogens is 378 g/mol. The van der Waals surface area contributed by atoms with Crippen LogP contribution in [-0.2, 0) is 14.9 Å². The molecule has 1 N–H and O–H groups in total. The van der Waals surface area contributed by atoms with Crippen LogP contribution >= 0.6 is 0 Å². The van der Waals surface area contributed by atoms with E-state index in [2.05, 4.69) is 19.9 Å². The maximum Gasteiger partial charge on any atom is 0.342 e. The van der Waals surface area contributed by atoms with E-state index in [-0.39, 0.29) is 22.5 Å². The smallest absolute Gasteiger partial charge is 0.342 e. The van der Waals surface area contributed by atoms with E-state index in [1.54, 1.807) is 6.07 Å². The number of ketones is 1. The van der Waals surface area contributed by atoms with E-state index < -0.39 is 12.6 Å². The van der Waals surface area contributed by atoms with Gasteiger partial charge in [-0.15, -0.1) is 0 Å². The first-order chi connectivity index (χ1) is 14.3. The van der Waals surface area contributed by atoms with Gasteiger partial charge in [-0.1, -0.05) is 56.3 Å². The molecule has 0 fully saturated rings. The minimum atomic E-state index is -0.729. The number of rotatable bonds is 4. The van der Waals surface area contributed by atoms with Crippen LogP contribution in [0.1, 0.15) is 29.8 Å². The van der Waals surface area contributed by atoms with E-state index in [1.165, 1.54) is 12.1 Å². The predicted octanol–water partition coefficient (Wildman–Crippen LogP) is 4.58. The van der Waals surface area contributed by atoms with Crippen molar-refractivity contribution in [3.05, 3.63) is 83.6 Å². The van der Waals surface area contributed by atoms with Gasteiger partial charge in [0.1, 0.15) is 11.3 Å². The first-order valence-electron chi connectivity index (χ1n) is 9.76. The van der Waals surface area contributed by atoms with E-state index in [0.29, 0.717) is 0 Å². The van der Waals surface area contributed by atoms with Gasteiger partial charge in [0.05, 0.1) is 0 Å². The molecule has 0 radical (unpaired) electrons. The molecular formula is C25H23NO4. The SMILES string of the molecule is CN1C(=CC(=O)COC(=O)c2cc3ccccc3cc2O)C(C)(C)c2ccccc21. The Morgan fingerprint density at radius 3 is 2.37 bits per heavy atom. The molecule has 5 heteroatoms. The number of carbonyl (C=O) groups is 2. The Balaban J connectivity index is 1.50. The number of aromatic hydroxyl groups is 1. The molecule has 0 aliphatic carbocycles. The largest absolute Gasteiger partial charge is 0.507 e. The first-order valence-corrected chi connectivity index (χ1v) is 9.76. The third kappa shape index (κ3) is 3.32. The minimum Gasteiger partial charge on any atom is -0.507 e. The summed E-state index contributed by atoms with van der Waals surface area (Å²) in [5, 5.41) is 11.8. The number of phenolic OH excluding ortho intramolecular Hbond substituents is 1. The normalized spacial score (nSPS) is 16.0. The van der Waals surface area contributed by atoms with Crippen LogP contribution in [0.15, 0.2) is 72.4 Å². The summed E-state index contributed by atoms with van der Waals surface area (Å²) in [6.45, 7) is 3.73. The standard InChI is InChI=1S/C25H23NO4/c1-25(2)20-10-6-7-11-21(20)26(3)23(25)14-18(27)15-30-24(29)19-12-16-8-4-5-9-17(16)13-22(19)28/h4-14,28H,15H2,1-3H3. The van der Waals surface area contributed by atoms with E-state index >= 15 is 0 Å². The molecule has 0 aromatic heterocycles. The summed E-state index contributed by atoms with van der Waals surface area (Å²) in [5.74, 6) is -1.21. The highest BCUT2D eigenvalue weighted by Crippen LogP contribution is 2.46. The first kappa shape index (κ1) is 19.7. The second kappa shape index (κ2) is 7.34. The summed E-state index contributed by atoms with van der Waals surface area (Å²) in [7, 11) is 1.92. The number of hydrogen-bond donors (Lipinski definition) is 1. The molecule has 0 spiro atoms. The van der Waals surface area contributed by atoms with E-state index in [4.69, 9.17) is 4.74 Å². The Hall–Kier alpha value is -3.60. The van der Waals surface area contributed by atoms with Crippen molar-refractivity contribution in [3.63, 3.8) is 0 Å². The summed E-state index contributed by atoms with van der Waals surface area (Å²) in [4.78, 5) is 27.0. The number of anilines is 1. The number of likely N-dealkylation sites (N-methyl/N-ethyl adjacent to an activating group) is 1. The maximum atomic E-state index is 12.6. The zero-order chi connectivity index (χ0) is 21.5. The number of hydrogen-bond acceptors (Lipinski definition) is 5. The lowest BCUT2D eigenvalue weighted by molar-refractivity contribution is -0.117. The highest BCUT2D eigenvalue weighted by atomic mass is 16.5. The highest BCUT2D eigenvalue weighted by Gasteiger charge is 2.38. The summed E-state index contributed by atoms with van der Waals surface area (Å²) >= 11 is 0. The number of benzene rings is 3. The molecule has 3 aromatic carbocycles. The van der Waals surface area contributed by atoms with Crippen LogP contribution in [0.5, 0.6) is 5.75 Å². The summed E-state index contributed by atoms with van der Waals surface area (Å²) < 4.78 is 5.20. The fourth-order valence-corrected chi connectivity index (χ4v) is 4.06. The van der Waals surface area contributed by atoms with Gasteiger partial charge in [-0.25, -0.2) is 4.79 Å². The monoisotopic (exact) mass is 401 g/mol. The van der Waals surface area contributed by atoms with Crippen molar-refractivity contribution in [2.75, 3.05) is 18.6 Å². The summed E-state index contributed by atoms with van der Waals surface area (Å²) in [6.07, 6.45) is 1.54. The number of ether oxygens (including phenoxy) is 1. The molecule has 0 saturated carbocycles. The number of carbonyl (C=O) groups excluding carboxylic acids is 2. The molecule has 0 bridgehead atoms. The van der Waals surface area contributed by atoms with Crippen molar-refractivity contribution >= 4 is 28.2 Å². The molecule has 30 heavy (non-hydrogen) atoms. The fraction of sp³-hybridized carbons (Fsp3) is 0.200. The van der Waals surface area contributed by atoms with Crippen LogP contribution in [-0.4, -0.2) is 30.5 Å². The van der Waals surface area contributed by atoms with Crippen LogP contribution in [0.4, 0.5) is 5.69 Å². The average Bonchev–Trinajstić information content (AvgIpc) is 2.92. The van der Waals surface area contributed by atoms with Crippen LogP contribution < -0.4 is 4.90 Å². The van der Waals surface area contributed by atoms with Crippen LogP contribution in [0.3, 0.4) is 0 Å². The van der Waals surface area contributed by atoms with Crippen molar-refractivity contribution in [3.8, 4) is 5.75 Å². The number of nitrogens with zero attached hydrogens (tertiary/aromatic N) is 1. The third-order valence-corrected chi connectivity index (χ3v) is 5.67. The Morgan fingerprint density at radius 1 is 1.03 bits per heavy atom. The number of phenols is 1. The molecule has 5 nitrogen and oxygen atoms in total. The maximum absolute atomic E-state index is 12.6. The fourth-order valence-electron chi connectivity index (χ4n) is 4.06. The van der Waals surface area contributed by atoms with Crippen molar-refractivity contribution in [1.29, 1.82) is 0 Å². The lowest BCUT2D eigenvalue weighted by atomic mass is 9.83. The van der Waals surface area contributed by atoms with Crippen LogP contribution in [0, 0.1) is 0 Å². The number of esters is 1. The molecule has 1 aliphatic rings. The summed E-state index contributed by atoms with van der Waals surface area (Å²) in [5.41, 5.74) is 2.75. The van der Waals surface area contributed by atoms with Gasteiger partial charge in [0.2, 0.25) is 0 Å². The molecule has 0 atom stereocenters. The number of para-hydroxylation sites is 1. The summed E-state index contributed by atoms with van der Waals surface area (Å²) in [6, 6.07) is 18.5. The van der Waals surface area contributed by atoms with Gasteiger partial charge < -0.3 is 14.7 Å². The van der Waals surface area contributed by atoms with Gasteiger partial charge in [-0.05, 0) is 34.5 Å².